The maximum atomic E-state index is 11.2. The first-order chi connectivity index (χ1) is 6.70. The number of nitro groups is 1. The first-order valence-corrected chi connectivity index (χ1v) is 3.80. The normalized spacial score (nSPS) is 10.3. The Balaban J connectivity index is 2.95. The summed E-state index contributed by atoms with van der Waals surface area (Å²) in [7, 11) is 0. The van der Waals surface area contributed by atoms with Crippen LogP contribution in [0.4, 0.5) is 5.69 Å². The zero-order valence-electron chi connectivity index (χ0n) is 6.93. The summed E-state index contributed by atoms with van der Waals surface area (Å²) in [6.07, 6.45) is 3.81. The summed E-state index contributed by atoms with van der Waals surface area (Å²) in [6, 6.07) is 1.48. The number of H-pyrrole nitrogens is 1. The highest BCUT2D eigenvalue weighted by Gasteiger charge is 2.12. The van der Waals surface area contributed by atoms with Gasteiger partial charge in [0.2, 0.25) is 0 Å². The molecule has 14 heavy (non-hydrogen) atoms. The Morgan fingerprint density at radius 3 is 2.86 bits per heavy atom. The molecule has 0 aromatic carbocycles. The molecular formula is C8H5N3O3. The number of hydrogen-bond donors (Lipinski definition) is 1. The van der Waals surface area contributed by atoms with Gasteiger partial charge in [0, 0.05) is 12.4 Å². The second-order valence-electron chi connectivity index (χ2n) is 2.68. The minimum atomic E-state index is -0.561. The smallest absolute Gasteiger partial charge is 0.295 e. The molecule has 2 aromatic heterocycles. The van der Waals surface area contributed by atoms with Crippen molar-refractivity contribution < 1.29 is 4.92 Å². The van der Waals surface area contributed by atoms with E-state index in [0.717, 1.165) is 6.20 Å². The number of nitrogens with one attached hydrogen (secondary N) is 1. The lowest BCUT2D eigenvalue weighted by atomic mass is 10.2. The molecule has 0 bridgehead atoms. The van der Waals surface area contributed by atoms with E-state index in [2.05, 4.69) is 9.97 Å². The molecule has 6 heteroatoms. The van der Waals surface area contributed by atoms with Crippen LogP contribution in [-0.4, -0.2) is 14.9 Å². The molecule has 0 atom stereocenters. The third-order valence-electron chi connectivity index (χ3n) is 1.87. The second kappa shape index (κ2) is 2.91. The molecule has 0 aliphatic rings. The minimum Gasteiger partial charge on any atom is -0.329 e. The number of hydrogen-bond acceptors (Lipinski definition) is 4. The average molecular weight is 191 g/mol. The summed E-state index contributed by atoms with van der Waals surface area (Å²) in [5.74, 6) is 0. The molecule has 6 nitrogen and oxygen atoms in total. The quantitative estimate of drug-likeness (QED) is 0.534. The van der Waals surface area contributed by atoms with Crippen LogP contribution in [0.2, 0.25) is 0 Å². The molecule has 0 saturated heterocycles. The van der Waals surface area contributed by atoms with E-state index in [9.17, 15) is 14.9 Å². The SMILES string of the molecule is O=c1[nH]ccc2c([N+](=O)[O-])cncc12. The van der Waals surface area contributed by atoms with E-state index < -0.39 is 4.92 Å². The van der Waals surface area contributed by atoms with Gasteiger partial charge in [0.1, 0.15) is 6.20 Å². The summed E-state index contributed by atoms with van der Waals surface area (Å²) in [5, 5.41) is 11.1. The van der Waals surface area contributed by atoms with Gasteiger partial charge >= 0.3 is 0 Å². The van der Waals surface area contributed by atoms with Crippen LogP contribution in [0.5, 0.6) is 0 Å². The van der Waals surface area contributed by atoms with Crippen LogP contribution in [0.3, 0.4) is 0 Å². The molecular weight excluding hydrogens is 186 g/mol. The van der Waals surface area contributed by atoms with Gasteiger partial charge in [0.15, 0.2) is 0 Å². The molecule has 0 amide bonds. The zero-order chi connectivity index (χ0) is 10.1. The number of aromatic nitrogens is 2. The maximum Gasteiger partial charge on any atom is 0.295 e. The Morgan fingerprint density at radius 2 is 2.14 bits per heavy atom. The van der Waals surface area contributed by atoms with Crippen molar-refractivity contribution >= 4 is 16.5 Å². The summed E-state index contributed by atoms with van der Waals surface area (Å²) in [6.45, 7) is 0. The van der Waals surface area contributed by atoms with Crippen molar-refractivity contribution in [1.29, 1.82) is 0 Å². The van der Waals surface area contributed by atoms with Crippen LogP contribution >= 0.6 is 0 Å². The second-order valence-corrected chi connectivity index (χ2v) is 2.68. The molecule has 0 aliphatic carbocycles. The summed E-state index contributed by atoms with van der Waals surface area (Å²) < 4.78 is 0. The fraction of sp³-hybridized carbons (Fsp3) is 0. The molecule has 0 aliphatic heterocycles. The first-order valence-electron chi connectivity index (χ1n) is 3.80. The molecule has 2 aromatic rings. The van der Waals surface area contributed by atoms with E-state index in [1.807, 2.05) is 0 Å². The van der Waals surface area contributed by atoms with Crippen molar-refractivity contribution in [3.05, 3.63) is 45.1 Å². The van der Waals surface area contributed by atoms with Crippen LogP contribution in [0.1, 0.15) is 0 Å². The Bertz CT molecular complexity index is 561. The Hall–Kier alpha value is -2.24. The van der Waals surface area contributed by atoms with Crippen molar-refractivity contribution in [2.75, 3.05) is 0 Å². The molecule has 0 saturated carbocycles. The summed E-state index contributed by atoms with van der Waals surface area (Å²) >= 11 is 0. The minimum absolute atomic E-state index is 0.159. The largest absolute Gasteiger partial charge is 0.329 e. The number of nitrogens with zero attached hydrogens (tertiary/aromatic N) is 2. The predicted octanol–water partition coefficient (Wildman–Crippen LogP) is 0.831. The topological polar surface area (TPSA) is 88.9 Å². The molecule has 2 rings (SSSR count). The van der Waals surface area contributed by atoms with Crippen molar-refractivity contribution in [3.8, 4) is 0 Å². The molecule has 0 unspecified atom stereocenters. The van der Waals surface area contributed by atoms with Crippen molar-refractivity contribution in [1.82, 2.24) is 9.97 Å². The van der Waals surface area contributed by atoms with E-state index in [0.29, 0.717) is 5.39 Å². The summed E-state index contributed by atoms with van der Waals surface area (Å²) in [4.78, 5) is 27.3. The first kappa shape index (κ1) is 8.36. The number of fused-ring (bicyclic) bond motifs is 1. The van der Waals surface area contributed by atoms with E-state index in [1.54, 1.807) is 0 Å². The van der Waals surface area contributed by atoms with E-state index in [4.69, 9.17) is 0 Å². The van der Waals surface area contributed by atoms with Crippen molar-refractivity contribution in [3.63, 3.8) is 0 Å². The lowest BCUT2D eigenvalue weighted by Crippen LogP contribution is -2.05. The molecule has 0 spiro atoms. The van der Waals surface area contributed by atoms with Gasteiger partial charge in [-0.1, -0.05) is 0 Å². The van der Waals surface area contributed by atoms with Crippen LogP contribution < -0.4 is 5.56 Å². The maximum absolute atomic E-state index is 11.2. The van der Waals surface area contributed by atoms with Gasteiger partial charge < -0.3 is 4.98 Å². The van der Waals surface area contributed by atoms with Crippen LogP contribution in [0, 0.1) is 10.1 Å². The standard InChI is InChI=1S/C8H5N3O3/c12-8-6-3-9-4-7(11(13)14)5(6)1-2-10-8/h1-4H,(H,10,12). The number of pyridine rings is 2. The zero-order valence-corrected chi connectivity index (χ0v) is 6.93. The van der Waals surface area contributed by atoms with Crippen LogP contribution in [-0.2, 0) is 0 Å². The Labute approximate surface area is 77.4 Å². The van der Waals surface area contributed by atoms with E-state index in [-0.39, 0.29) is 16.6 Å². The predicted molar refractivity (Wildman–Crippen MR) is 49.0 cm³/mol. The lowest BCUT2D eigenvalue weighted by molar-refractivity contribution is -0.383. The highest BCUT2D eigenvalue weighted by Crippen LogP contribution is 2.20. The van der Waals surface area contributed by atoms with Gasteiger partial charge in [-0.2, -0.15) is 0 Å². The molecule has 0 radical (unpaired) electrons. The molecule has 2 heterocycles. The Morgan fingerprint density at radius 1 is 1.36 bits per heavy atom. The van der Waals surface area contributed by atoms with Gasteiger partial charge in [0.25, 0.3) is 11.2 Å². The molecule has 0 fully saturated rings. The van der Waals surface area contributed by atoms with Crippen LogP contribution in [0.25, 0.3) is 10.8 Å². The van der Waals surface area contributed by atoms with Gasteiger partial charge in [-0.15, -0.1) is 0 Å². The molecule has 1 N–H and O–H groups in total. The number of aromatic amines is 1. The highest BCUT2D eigenvalue weighted by molar-refractivity contribution is 5.88. The van der Waals surface area contributed by atoms with Gasteiger partial charge in [-0.25, -0.2) is 0 Å². The fourth-order valence-electron chi connectivity index (χ4n) is 1.24. The fourth-order valence-corrected chi connectivity index (χ4v) is 1.24. The molecule has 70 valence electrons. The van der Waals surface area contributed by atoms with Gasteiger partial charge in [-0.3, -0.25) is 19.9 Å². The van der Waals surface area contributed by atoms with Crippen LogP contribution in [0.15, 0.2) is 29.5 Å². The lowest BCUT2D eigenvalue weighted by Gasteiger charge is -1.96. The summed E-state index contributed by atoms with van der Waals surface area (Å²) in [5.41, 5.74) is -0.535. The average Bonchev–Trinajstić information content (AvgIpc) is 2.17. The van der Waals surface area contributed by atoms with Crippen molar-refractivity contribution in [2.24, 2.45) is 0 Å². The Kier molecular flexibility index (Phi) is 1.74. The van der Waals surface area contributed by atoms with E-state index >= 15 is 0 Å². The third-order valence-corrected chi connectivity index (χ3v) is 1.87. The monoisotopic (exact) mass is 191 g/mol. The van der Waals surface area contributed by atoms with Gasteiger partial charge in [-0.05, 0) is 6.07 Å². The van der Waals surface area contributed by atoms with Crippen molar-refractivity contribution in [2.45, 2.75) is 0 Å². The van der Waals surface area contributed by atoms with Gasteiger partial charge in [0.05, 0.1) is 15.7 Å². The number of rotatable bonds is 1. The third kappa shape index (κ3) is 1.13. The van der Waals surface area contributed by atoms with E-state index in [1.165, 1.54) is 18.5 Å². The highest BCUT2D eigenvalue weighted by atomic mass is 16.6.